The molecule has 0 radical (unpaired) electrons. The molecule has 0 aliphatic heterocycles. The number of fused-ring (bicyclic) bond motifs is 1. The van der Waals surface area contributed by atoms with Crippen molar-refractivity contribution in [1.82, 2.24) is 0 Å². The first-order valence-electron chi connectivity index (χ1n) is 6.08. The fourth-order valence-corrected chi connectivity index (χ4v) is 3.88. The Labute approximate surface area is 100 Å². The largest absolute Gasteiger partial charge is 0.323 e. The van der Waals surface area contributed by atoms with E-state index in [2.05, 4.69) is 30.3 Å². The Bertz CT molecular complexity index is 449. The SMILES string of the molecule is NC(c1cc2ccccc2s1)C1CCCC1. The van der Waals surface area contributed by atoms with Crippen molar-refractivity contribution in [3.8, 4) is 0 Å². The highest BCUT2D eigenvalue weighted by atomic mass is 32.1. The van der Waals surface area contributed by atoms with Gasteiger partial charge < -0.3 is 5.73 Å². The topological polar surface area (TPSA) is 26.0 Å². The molecule has 3 rings (SSSR count). The first-order chi connectivity index (χ1) is 7.84. The molecule has 2 aromatic rings. The van der Waals surface area contributed by atoms with E-state index in [0.717, 1.165) is 0 Å². The van der Waals surface area contributed by atoms with E-state index >= 15 is 0 Å². The van der Waals surface area contributed by atoms with Crippen molar-refractivity contribution in [2.45, 2.75) is 31.7 Å². The second-order valence-corrected chi connectivity index (χ2v) is 5.87. The van der Waals surface area contributed by atoms with Gasteiger partial charge in [0.2, 0.25) is 0 Å². The molecule has 0 bridgehead atoms. The molecule has 0 saturated heterocycles. The molecule has 2 N–H and O–H groups in total. The maximum absolute atomic E-state index is 6.37. The van der Waals surface area contributed by atoms with E-state index in [1.54, 1.807) is 0 Å². The van der Waals surface area contributed by atoms with Crippen molar-refractivity contribution in [2.24, 2.45) is 11.7 Å². The van der Waals surface area contributed by atoms with Crippen molar-refractivity contribution in [3.63, 3.8) is 0 Å². The van der Waals surface area contributed by atoms with Gasteiger partial charge >= 0.3 is 0 Å². The molecule has 1 aromatic heterocycles. The van der Waals surface area contributed by atoms with Gasteiger partial charge in [0.05, 0.1) is 0 Å². The van der Waals surface area contributed by atoms with Gasteiger partial charge in [-0.25, -0.2) is 0 Å². The van der Waals surface area contributed by atoms with Crippen molar-refractivity contribution in [1.29, 1.82) is 0 Å². The summed E-state index contributed by atoms with van der Waals surface area (Å²) in [6, 6.07) is 11.1. The van der Waals surface area contributed by atoms with Crippen LogP contribution in [-0.4, -0.2) is 0 Å². The Morgan fingerprint density at radius 2 is 1.94 bits per heavy atom. The number of thiophene rings is 1. The van der Waals surface area contributed by atoms with Crippen molar-refractivity contribution in [2.75, 3.05) is 0 Å². The minimum absolute atomic E-state index is 0.264. The van der Waals surface area contributed by atoms with Crippen LogP contribution in [0.5, 0.6) is 0 Å². The average Bonchev–Trinajstić information content (AvgIpc) is 2.97. The quantitative estimate of drug-likeness (QED) is 0.827. The second kappa shape index (κ2) is 4.19. The van der Waals surface area contributed by atoms with E-state index in [4.69, 9.17) is 5.73 Å². The molecule has 1 saturated carbocycles. The lowest BCUT2D eigenvalue weighted by atomic mass is 9.97. The second-order valence-electron chi connectivity index (χ2n) is 4.76. The normalized spacial score (nSPS) is 19.3. The molecule has 1 aromatic carbocycles. The molecule has 2 heteroatoms. The summed E-state index contributed by atoms with van der Waals surface area (Å²) in [6.45, 7) is 0. The minimum Gasteiger partial charge on any atom is -0.323 e. The Kier molecular flexibility index (Phi) is 2.70. The highest BCUT2D eigenvalue weighted by Crippen LogP contribution is 2.38. The summed E-state index contributed by atoms with van der Waals surface area (Å²) in [5.74, 6) is 0.716. The summed E-state index contributed by atoms with van der Waals surface area (Å²) in [5.41, 5.74) is 6.37. The van der Waals surface area contributed by atoms with E-state index in [0.29, 0.717) is 5.92 Å². The maximum Gasteiger partial charge on any atom is 0.0418 e. The first kappa shape index (κ1) is 10.3. The predicted molar refractivity (Wildman–Crippen MR) is 70.7 cm³/mol. The van der Waals surface area contributed by atoms with Crippen LogP contribution in [0.4, 0.5) is 0 Å². The molecular formula is C14H17NS. The van der Waals surface area contributed by atoms with Gasteiger partial charge in [-0.2, -0.15) is 0 Å². The molecule has 84 valence electrons. The molecule has 1 aliphatic carbocycles. The van der Waals surface area contributed by atoms with Gasteiger partial charge in [-0.15, -0.1) is 11.3 Å². The Morgan fingerprint density at radius 1 is 1.19 bits per heavy atom. The van der Waals surface area contributed by atoms with Gasteiger partial charge in [0, 0.05) is 15.6 Å². The highest BCUT2D eigenvalue weighted by Gasteiger charge is 2.24. The van der Waals surface area contributed by atoms with E-state index in [9.17, 15) is 0 Å². The van der Waals surface area contributed by atoms with Crippen LogP contribution in [0.25, 0.3) is 10.1 Å². The number of nitrogens with two attached hydrogens (primary N) is 1. The third-order valence-electron chi connectivity index (χ3n) is 3.68. The van der Waals surface area contributed by atoms with Crippen LogP contribution in [0.1, 0.15) is 36.6 Å². The van der Waals surface area contributed by atoms with Crippen LogP contribution in [0.15, 0.2) is 30.3 Å². The molecule has 16 heavy (non-hydrogen) atoms. The fraction of sp³-hybridized carbons (Fsp3) is 0.429. The molecular weight excluding hydrogens is 214 g/mol. The van der Waals surface area contributed by atoms with Gasteiger partial charge in [0.25, 0.3) is 0 Å². The number of hydrogen-bond acceptors (Lipinski definition) is 2. The highest BCUT2D eigenvalue weighted by molar-refractivity contribution is 7.19. The predicted octanol–water partition coefficient (Wildman–Crippen LogP) is 4.09. The van der Waals surface area contributed by atoms with Gasteiger partial charge in [0.1, 0.15) is 0 Å². The molecule has 1 fully saturated rings. The molecule has 0 amide bonds. The zero-order valence-corrected chi connectivity index (χ0v) is 10.2. The van der Waals surface area contributed by atoms with Gasteiger partial charge in [-0.1, -0.05) is 31.0 Å². The molecule has 1 unspecified atom stereocenters. The standard InChI is InChI=1S/C14H17NS/c15-14(10-5-1-2-6-10)13-9-11-7-3-4-8-12(11)16-13/h3-4,7-10,14H,1-2,5-6,15H2. The van der Waals surface area contributed by atoms with Crippen molar-refractivity contribution in [3.05, 3.63) is 35.2 Å². The summed E-state index contributed by atoms with van der Waals surface area (Å²) < 4.78 is 1.37. The van der Waals surface area contributed by atoms with Crippen molar-refractivity contribution >= 4 is 21.4 Å². The van der Waals surface area contributed by atoms with Crippen LogP contribution in [0.2, 0.25) is 0 Å². The molecule has 1 atom stereocenters. The third-order valence-corrected chi connectivity index (χ3v) is 4.90. The maximum atomic E-state index is 6.37. The lowest BCUT2D eigenvalue weighted by molar-refractivity contribution is 0.450. The molecule has 1 nitrogen and oxygen atoms in total. The van der Waals surface area contributed by atoms with Crippen LogP contribution >= 0.6 is 11.3 Å². The number of benzene rings is 1. The van der Waals surface area contributed by atoms with Crippen LogP contribution in [0, 0.1) is 5.92 Å². The molecule has 1 aliphatic rings. The number of rotatable bonds is 2. The fourth-order valence-electron chi connectivity index (χ4n) is 2.72. The van der Waals surface area contributed by atoms with E-state index < -0.39 is 0 Å². The van der Waals surface area contributed by atoms with Gasteiger partial charge in [-0.3, -0.25) is 0 Å². The van der Waals surface area contributed by atoms with E-state index in [1.807, 2.05) is 11.3 Å². The van der Waals surface area contributed by atoms with Crippen LogP contribution < -0.4 is 5.73 Å². The van der Waals surface area contributed by atoms with Gasteiger partial charge in [0.15, 0.2) is 0 Å². The summed E-state index contributed by atoms with van der Waals surface area (Å²) in [6.07, 6.45) is 5.36. The van der Waals surface area contributed by atoms with E-state index in [1.165, 1.54) is 40.6 Å². The monoisotopic (exact) mass is 231 g/mol. The summed E-state index contributed by atoms with van der Waals surface area (Å²) in [7, 11) is 0. The van der Waals surface area contributed by atoms with Crippen LogP contribution in [0.3, 0.4) is 0 Å². The minimum atomic E-state index is 0.264. The summed E-state index contributed by atoms with van der Waals surface area (Å²) >= 11 is 1.87. The molecule has 0 spiro atoms. The summed E-state index contributed by atoms with van der Waals surface area (Å²) in [4.78, 5) is 1.37. The van der Waals surface area contributed by atoms with Gasteiger partial charge in [-0.05, 0) is 36.3 Å². The third kappa shape index (κ3) is 1.76. The lowest BCUT2D eigenvalue weighted by Crippen LogP contribution is -2.17. The Morgan fingerprint density at radius 3 is 2.69 bits per heavy atom. The first-order valence-corrected chi connectivity index (χ1v) is 6.90. The summed E-state index contributed by atoms with van der Waals surface area (Å²) in [5, 5.41) is 1.34. The van der Waals surface area contributed by atoms with E-state index in [-0.39, 0.29) is 6.04 Å². The average molecular weight is 231 g/mol. The van der Waals surface area contributed by atoms with Crippen molar-refractivity contribution < 1.29 is 0 Å². The zero-order chi connectivity index (χ0) is 11.0. The smallest absolute Gasteiger partial charge is 0.0418 e. The molecule has 1 heterocycles. The lowest BCUT2D eigenvalue weighted by Gasteiger charge is -2.16. The van der Waals surface area contributed by atoms with Crippen LogP contribution in [-0.2, 0) is 0 Å². The Balaban J connectivity index is 1.92. The number of hydrogen-bond donors (Lipinski definition) is 1. The zero-order valence-electron chi connectivity index (χ0n) is 9.36. The Hall–Kier alpha value is -0.860.